The standard InChI is InChI=1S/C10H10N4O2/c1-6-5-16-10(13-6)14-9(15)7-2-3-12-8(11)4-7/h2-5H,1H3,(H2,11,12)(H,13,14,15). The van der Waals surface area contributed by atoms with Gasteiger partial charge in [-0.3, -0.25) is 10.1 Å². The number of oxazole rings is 1. The van der Waals surface area contributed by atoms with E-state index in [9.17, 15) is 4.79 Å². The van der Waals surface area contributed by atoms with Gasteiger partial charge in [-0.2, -0.15) is 4.98 Å². The maximum Gasteiger partial charge on any atom is 0.301 e. The molecule has 2 heterocycles. The van der Waals surface area contributed by atoms with E-state index in [1.165, 1.54) is 18.5 Å². The topological polar surface area (TPSA) is 94.0 Å². The first-order chi connectivity index (χ1) is 7.65. The Hall–Kier alpha value is -2.37. The van der Waals surface area contributed by atoms with Crippen LogP contribution in [-0.4, -0.2) is 15.9 Å². The molecule has 0 unspecified atom stereocenters. The van der Waals surface area contributed by atoms with Gasteiger partial charge < -0.3 is 10.2 Å². The van der Waals surface area contributed by atoms with Crippen molar-refractivity contribution in [3.05, 3.63) is 35.9 Å². The van der Waals surface area contributed by atoms with Gasteiger partial charge >= 0.3 is 6.01 Å². The third kappa shape index (κ3) is 2.17. The monoisotopic (exact) mass is 218 g/mol. The maximum absolute atomic E-state index is 11.7. The summed E-state index contributed by atoms with van der Waals surface area (Å²) in [6, 6.07) is 3.20. The molecule has 6 nitrogen and oxygen atoms in total. The van der Waals surface area contributed by atoms with Crippen LogP contribution in [-0.2, 0) is 0 Å². The largest absolute Gasteiger partial charge is 0.432 e. The van der Waals surface area contributed by atoms with E-state index in [-0.39, 0.29) is 17.7 Å². The van der Waals surface area contributed by atoms with Gasteiger partial charge in [-0.15, -0.1) is 0 Å². The van der Waals surface area contributed by atoms with E-state index in [1.54, 1.807) is 13.0 Å². The Bertz CT molecular complexity index is 521. The zero-order valence-electron chi connectivity index (χ0n) is 8.60. The highest BCUT2D eigenvalue weighted by Crippen LogP contribution is 2.09. The Morgan fingerprint density at radius 2 is 2.38 bits per heavy atom. The molecular formula is C10H10N4O2. The van der Waals surface area contributed by atoms with Gasteiger partial charge in [0.2, 0.25) is 0 Å². The second-order valence-electron chi connectivity index (χ2n) is 3.22. The Morgan fingerprint density at radius 3 is 3.00 bits per heavy atom. The number of hydrogen-bond donors (Lipinski definition) is 2. The van der Waals surface area contributed by atoms with Gasteiger partial charge in [-0.1, -0.05) is 0 Å². The van der Waals surface area contributed by atoms with Crippen molar-refractivity contribution < 1.29 is 9.21 Å². The van der Waals surface area contributed by atoms with E-state index in [0.29, 0.717) is 11.3 Å². The summed E-state index contributed by atoms with van der Waals surface area (Å²) < 4.78 is 5.00. The van der Waals surface area contributed by atoms with Crippen molar-refractivity contribution in [1.82, 2.24) is 9.97 Å². The number of rotatable bonds is 2. The first-order valence-electron chi connectivity index (χ1n) is 4.60. The molecule has 0 spiro atoms. The number of nitrogen functional groups attached to an aromatic ring is 1. The minimum Gasteiger partial charge on any atom is -0.432 e. The number of amides is 1. The van der Waals surface area contributed by atoms with Crippen LogP contribution >= 0.6 is 0 Å². The number of nitrogens with one attached hydrogen (secondary N) is 1. The summed E-state index contributed by atoms with van der Waals surface area (Å²) in [5.74, 6) is -0.0489. The highest BCUT2D eigenvalue weighted by Gasteiger charge is 2.09. The van der Waals surface area contributed by atoms with Crippen molar-refractivity contribution in [2.75, 3.05) is 11.1 Å². The number of nitrogens with zero attached hydrogens (tertiary/aromatic N) is 2. The van der Waals surface area contributed by atoms with Crippen LogP contribution in [0.5, 0.6) is 0 Å². The van der Waals surface area contributed by atoms with Crippen LogP contribution in [0, 0.1) is 6.92 Å². The molecule has 2 aromatic rings. The van der Waals surface area contributed by atoms with Crippen molar-refractivity contribution in [3.8, 4) is 0 Å². The van der Waals surface area contributed by atoms with E-state index in [0.717, 1.165) is 0 Å². The molecule has 2 rings (SSSR count). The number of carbonyl (C=O) groups excluding carboxylic acids is 1. The molecule has 1 amide bonds. The molecule has 0 aliphatic heterocycles. The summed E-state index contributed by atoms with van der Waals surface area (Å²) in [6.45, 7) is 1.77. The summed E-state index contributed by atoms with van der Waals surface area (Å²) >= 11 is 0. The first-order valence-corrected chi connectivity index (χ1v) is 4.60. The van der Waals surface area contributed by atoms with Crippen LogP contribution in [0.3, 0.4) is 0 Å². The van der Waals surface area contributed by atoms with Crippen LogP contribution < -0.4 is 11.1 Å². The zero-order chi connectivity index (χ0) is 11.5. The maximum atomic E-state index is 11.7. The van der Waals surface area contributed by atoms with Gasteiger partial charge in [0, 0.05) is 11.8 Å². The van der Waals surface area contributed by atoms with E-state index < -0.39 is 0 Å². The second kappa shape index (κ2) is 4.01. The van der Waals surface area contributed by atoms with Gasteiger partial charge in [-0.25, -0.2) is 4.98 Å². The quantitative estimate of drug-likeness (QED) is 0.790. The fourth-order valence-electron chi connectivity index (χ4n) is 1.17. The van der Waals surface area contributed by atoms with Crippen molar-refractivity contribution in [3.63, 3.8) is 0 Å². The van der Waals surface area contributed by atoms with Crippen LogP contribution in [0.25, 0.3) is 0 Å². The van der Waals surface area contributed by atoms with E-state index >= 15 is 0 Å². The molecule has 0 aliphatic carbocycles. The number of hydrogen-bond acceptors (Lipinski definition) is 5. The number of aromatic nitrogens is 2. The molecule has 6 heteroatoms. The molecule has 3 N–H and O–H groups in total. The zero-order valence-corrected chi connectivity index (χ0v) is 8.60. The lowest BCUT2D eigenvalue weighted by Gasteiger charge is -2.00. The molecule has 16 heavy (non-hydrogen) atoms. The van der Waals surface area contributed by atoms with Crippen molar-refractivity contribution in [2.45, 2.75) is 6.92 Å². The number of pyridine rings is 1. The smallest absolute Gasteiger partial charge is 0.301 e. The average molecular weight is 218 g/mol. The van der Waals surface area contributed by atoms with Gasteiger partial charge in [0.25, 0.3) is 5.91 Å². The minimum atomic E-state index is -0.337. The Labute approximate surface area is 91.5 Å². The molecule has 0 radical (unpaired) electrons. The number of carbonyl (C=O) groups is 1. The molecule has 0 saturated carbocycles. The average Bonchev–Trinajstić information content (AvgIpc) is 2.64. The molecular weight excluding hydrogens is 208 g/mol. The Kier molecular flexibility index (Phi) is 2.55. The van der Waals surface area contributed by atoms with Gasteiger partial charge in [0.05, 0.1) is 5.69 Å². The molecule has 0 saturated heterocycles. The predicted molar refractivity (Wildman–Crippen MR) is 57.8 cm³/mol. The summed E-state index contributed by atoms with van der Waals surface area (Å²) in [6.07, 6.45) is 2.92. The first kappa shape index (κ1) is 10.2. The third-order valence-corrected chi connectivity index (χ3v) is 1.88. The fraction of sp³-hybridized carbons (Fsp3) is 0.100. The van der Waals surface area contributed by atoms with Crippen molar-refractivity contribution in [2.24, 2.45) is 0 Å². The third-order valence-electron chi connectivity index (χ3n) is 1.88. The summed E-state index contributed by atoms with van der Waals surface area (Å²) in [4.78, 5) is 19.4. The normalized spacial score (nSPS) is 10.1. The summed E-state index contributed by atoms with van der Waals surface area (Å²) in [5, 5.41) is 2.51. The van der Waals surface area contributed by atoms with E-state index in [1.807, 2.05) is 0 Å². The summed E-state index contributed by atoms with van der Waals surface area (Å²) in [5.41, 5.74) is 6.57. The lowest BCUT2D eigenvalue weighted by atomic mass is 10.2. The molecule has 2 aromatic heterocycles. The number of anilines is 2. The molecule has 0 fully saturated rings. The van der Waals surface area contributed by atoms with Gasteiger partial charge in [0.15, 0.2) is 0 Å². The number of aryl methyl sites for hydroxylation is 1. The lowest BCUT2D eigenvalue weighted by Crippen LogP contribution is -2.12. The number of nitrogens with two attached hydrogens (primary N) is 1. The molecule has 0 aromatic carbocycles. The highest BCUT2D eigenvalue weighted by molar-refractivity contribution is 6.03. The molecule has 0 aliphatic rings. The Morgan fingerprint density at radius 1 is 1.56 bits per heavy atom. The van der Waals surface area contributed by atoms with Crippen molar-refractivity contribution >= 4 is 17.7 Å². The van der Waals surface area contributed by atoms with Crippen LogP contribution in [0.2, 0.25) is 0 Å². The van der Waals surface area contributed by atoms with Crippen LogP contribution in [0.4, 0.5) is 11.8 Å². The molecule has 0 bridgehead atoms. The fourth-order valence-corrected chi connectivity index (χ4v) is 1.17. The van der Waals surface area contributed by atoms with Crippen LogP contribution in [0.1, 0.15) is 16.1 Å². The predicted octanol–water partition coefficient (Wildman–Crippen LogP) is 1.21. The molecule has 0 atom stereocenters. The van der Waals surface area contributed by atoms with Crippen LogP contribution in [0.15, 0.2) is 29.0 Å². The van der Waals surface area contributed by atoms with Crippen molar-refractivity contribution in [1.29, 1.82) is 0 Å². The lowest BCUT2D eigenvalue weighted by molar-refractivity contribution is 0.102. The SMILES string of the molecule is Cc1coc(NC(=O)c2ccnc(N)c2)n1. The molecule has 82 valence electrons. The summed E-state index contributed by atoms with van der Waals surface area (Å²) in [7, 11) is 0. The second-order valence-corrected chi connectivity index (χ2v) is 3.22. The van der Waals surface area contributed by atoms with Gasteiger partial charge in [0.1, 0.15) is 12.1 Å². The van der Waals surface area contributed by atoms with E-state index in [2.05, 4.69) is 15.3 Å². The highest BCUT2D eigenvalue weighted by atomic mass is 16.4. The van der Waals surface area contributed by atoms with Gasteiger partial charge in [-0.05, 0) is 19.1 Å². The van der Waals surface area contributed by atoms with E-state index in [4.69, 9.17) is 10.2 Å². The Balaban J connectivity index is 2.14. The minimum absolute atomic E-state index is 0.165.